The van der Waals surface area contributed by atoms with E-state index in [1.165, 1.54) is 0 Å². The van der Waals surface area contributed by atoms with Gasteiger partial charge in [-0.1, -0.05) is 28.1 Å². The van der Waals surface area contributed by atoms with Gasteiger partial charge in [0.15, 0.2) is 0 Å². The van der Waals surface area contributed by atoms with Crippen LogP contribution in [0.4, 0.5) is 5.69 Å². The van der Waals surface area contributed by atoms with Crippen molar-refractivity contribution in [3.63, 3.8) is 0 Å². The highest BCUT2D eigenvalue weighted by Crippen LogP contribution is 2.20. The molecule has 0 unspecified atom stereocenters. The summed E-state index contributed by atoms with van der Waals surface area (Å²) in [5, 5.41) is 3.40. The van der Waals surface area contributed by atoms with Crippen LogP contribution < -0.4 is 10.9 Å². The first kappa shape index (κ1) is 16.4. The maximum atomic E-state index is 12.1. The van der Waals surface area contributed by atoms with Crippen molar-refractivity contribution in [2.24, 2.45) is 0 Å². The number of H-pyrrole nitrogens is 1. The Balaban J connectivity index is 1.68. The molecule has 0 atom stereocenters. The van der Waals surface area contributed by atoms with Crippen LogP contribution in [0.15, 0.2) is 51.7 Å². The minimum Gasteiger partial charge on any atom is -0.326 e. The van der Waals surface area contributed by atoms with Gasteiger partial charge in [0.05, 0.1) is 10.9 Å². The SMILES string of the molecule is Cc1cc(NC(=O)CCc2nc3ccccc3c(=O)[nH]2)ccc1Br. The fourth-order valence-corrected chi connectivity index (χ4v) is 2.68. The monoisotopic (exact) mass is 385 g/mol. The van der Waals surface area contributed by atoms with Gasteiger partial charge in [0.25, 0.3) is 5.56 Å². The molecule has 3 aromatic rings. The number of amides is 1. The van der Waals surface area contributed by atoms with E-state index in [0.717, 1.165) is 15.7 Å². The Morgan fingerprint density at radius 2 is 2.04 bits per heavy atom. The minimum absolute atomic E-state index is 0.118. The van der Waals surface area contributed by atoms with E-state index in [1.54, 1.807) is 18.2 Å². The zero-order valence-corrected chi connectivity index (χ0v) is 14.7. The highest BCUT2D eigenvalue weighted by molar-refractivity contribution is 9.10. The molecule has 24 heavy (non-hydrogen) atoms. The van der Waals surface area contributed by atoms with Gasteiger partial charge in [0.2, 0.25) is 5.91 Å². The lowest BCUT2D eigenvalue weighted by Crippen LogP contribution is -2.16. The maximum Gasteiger partial charge on any atom is 0.258 e. The first-order chi connectivity index (χ1) is 11.5. The molecular weight excluding hydrogens is 370 g/mol. The summed E-state index contributed by atoms with van der Waals surface area (Å²) >= 11 is 3.43. The molecule has 122 valence electrons. The number of hydrogen-bond acceptors (Lipinski definition) is 3. The van der Waals surface area contributed by atoms with E-state index in [4.69, 9.17) is 0 Å². The van der Waals surface area contributed by atoms with Crippen molar-refractivity contribution in [3.8, 4) is 0 Å². The molecule has 1 heterocycles. The van der Waals surface area contributed by atoms with Crippen molar-refractivity contribution in [1.29, 1.82) is 0 Å². The molecule has 0 spiro atoms. The van der Waals surface area contributed by atoms with E-state index in [9.17, 15) is 9.59 Å². The molecule has 0 aliphatic carbocycles. The first-order valence-corrected chi connectivity index (χ1v) is 8.36. The number of para-hydroxylation sites is 1. The number of fused-ring (bicyclic) bond motifs is 1. The average molecular weight is 386 g/mol. The molecule has 0 saturated carbocycles. The van der Waals surface area contributed by atoms with Crippen LogP contribution in [0, 0.1) is 6.92 Å². The van der Waals surface area contributed by atoms with Crippen LogP contribution in [0.25, 0.3) is 10.9 Å². The molecule has 3 rings (SSSR count). The van der Waals surface area contributed by atoms with Gasteiger partial charge in [-0.15, -0.1) is 0 Å². The van der Waals surface area contributed by atoms with Crippen molar-refractivity contribution < 1.29 is 4.79 Å². The number of carbonyl (C=O) groups excluding carboxylic acids is 1. The van der Waals surface area contributed by atoms with Crippen LogP contribution in [-0.4, -0.2) is 15.9 Å². The van der Waals surface area contributed by atoms with Crippen molar-refractivity contribution in [1.82, 2.24) is 9.97 Å². The van der Waals surface area contributed by atoms with E-state index in [1.807, 2.05) is 31.2 Å². The number of halogens is 1. The molecule has 6 heteroatoms. The van der Waals surface area contributed by atoms with Crippen LogP contribution in [0.2, 0.25) is 0 Å². The summed E-state index contributed by atoms with van der Waals surface area (Å²) < 4.78 is 0.999. The second-order valence-corrected chi connectivity index (χ2v) is 6.40. The van der Waals surface area contributed by atoms with E-state index in [0.29, 0.717) is 23.1 Å². The number of anilines is 1. The van der Waals surface area contributed by atoms with Gasteiger partial charge in [-0.05, 0) is 42.8 Å². The number of aromatic amines is 1. The van der Waals surface area contributed by atoms with E-state index < -0.39 is 0 Å². The van der Waals surface area contributed by atoms with Gasteiger partial charge in [0, 0.05) is 23.0 Å². The van der Waals surface area contributed by atoms with E-state index in [2.05, 4.69) is 31.2 Å². The van der Waals surface area contributed by atoms with E-state index in [-0.39, 0.29) is 17.9 Å². The number of benzene rings is 2. The third-order valence-electron chi connectivity index (χ3n) is 3.69. The summed E-state index contributed by atoms with van der Waals surface area (Å²) in [5.74, 6) is 0.397. The van der Waals surface area contributed by atoms with Gasteiger partial charge in [-0.2, -0.15) is 0 Å². The Hall–Kier alpha value is -2.47. The Labute approximate surface area is 147 Å². The number of nitrogens with zero attached hydrogens (tertiary/aromatic N) is 1. The van der Waals surface area contributed by atoms with Gasteiger partial charge < -0.3 is 10.3 Å². The normalized spacial score (nSPS) is 10.8. The molecule has 0 aliphatic rings. The molecule has 0 aliphatic heterocycles. The van der Waals surface area contributed by atoms with Crippen molar-refractivity contribution in [2.45, 2.75) is 19.8 Å². The summed E-state index contributed by atoms with van der Waals surface area (Å²) in [7, 11) is 0. The van der Waals surface area contributed by atoms with Gasteiger partial charge in [-0.25, -0.2) is 4.98 Å². The van der Waals surface area contributed by atoms with Gasteiger partial charge in [0.1, 0.15) is 5.82 Å². The summed E-state index contributed by atoms with van der Waals surface area (Å²) in [5.41, 5.74) is 2.26. The molecule has 0 bridgehead atoms. The Kier molecular flexibility index (Phi) is 4.76. The van der Waals surface area contributed by atoms with Crippen LogP contribution in [0.5, 0.6) is 0 Å². The van der Waals surface area contributed by atoms with Crippen LogP contribution in [0.3, 0.4) is 0 Å². The minimum atomic E-state index is -0.181. The lowest BCUT2D eigenvalue weighted by molar-refractivity contribution is -0.116. The van der Waals surface area contributed by atoms with E-state index >= 15 is 0 Å². The first-order valence-electron chi connectivity index (χ1n) is 7.57. The quantitative estimate of drug-likeness (QED) is 0.720. The van der Waals surface area contributed by atoms with Crippen LogP contribution >= 0.6 is 15.9 Å². The largest absolute Gasteiger partial charge is 0.326 e. The summed E-state index contributed by atoms with van der Waals surface area (Å²) in [6.45, 7) is 1.96. The van der Waals surface area contributed by atoms with Crippen LogP contribution in [-0.2, 0) is 11.2 Å². The molecule has 0 radical (unpaired) electrons. The number of nitrogens with one attached hydrogen (secondary N) is 2. The average Bonchev–Trinajstić information content (AvgIpc) is 2.56. The van der Waals surface area contributed by atoms with Gasteiger partial charge >= 0.3 is 0 Å². The number of aryl methyl sites for hydroxylation is 2. The standard InChI is InChI=1S/C18H16BrN3O2/c1-11-10-12(6-7-14(11)19)20-17(23)9-8-16-21-15-5-3-2-4-13(15)18(24)22-16/h2-7,10H,8-9H2,1H3,(H,20,23)(H,21,22,24). The highest BCUT2D eigenvalue weighted by Gasteiger charge is 2.07. The zero-order chi connectivity index (χ0) is 17.1. The number of aromatic nitrogens is 2. The summed E-state index contributed by atoms with van der Waals surface area (Å²) in [4.78, 5) is 31.2. The molecule has 1 aromatic heterocycles. The van der Waals surface area contributed by atoms with Crippen molar-refractivity contribution in [2.75, 3.05) is 5.32 Å². The molecule has 2 aromatic carbocycles. The predicted molar refractivity (Wildman–Crippen MR) is 98.2 cm³/mol. The molecule has 5 nitrogen and oxygen atoms in total. The Morgan fingerprint density at radius 1 is 1.25 bits per heavy atom. The maximum absolute atomic E-state index is 12.1. The van der Waals surface area contributed by atoms with Gasteiger partial charge in [-0.3, -0.25) is 9.59 Å². The molecular formula is C18H16BrN3O2. The highest BCUT2D eigenvalue weighted by atomic mass is 79.9. The number of carbonyl (C=O) groups is 1. The summed E-state index contributed by atoms with van der Waals surface area (Å²) in [6.07, 6.45) is 0.623. The smallest absolute Gasteiger partial charge is 0.258 e. The fourth-order valence-electron chi connectivity index (χ4n) is 2.43. The predicted octanol–water partition coefficient (Wildman–Crippen LogP) is 3.57. The molecule has 0 fully saturated rings. The number of hydrogen-bond donors (Lipinski definition) is 2. The second-order valence-electron chi connectivity index (χ2n) is 5.54. The molecule has 1 amide bonds. The zero-order valence-electron chi connectivity index (χ0n) is 13.1. The number of rotatable bonds is 4. The molecule has 0 saturated heterocycles. The molecule has 2 N–H and O–H groups in total. The van der Waals surface area contributed by atoms with Crippen molar-refractivity contribution >= 4 is 38.4 Å². The fraction of sp³-hybridized carbons (Fsp3) is 0.167. The lowest BCUT2D eigenvalue weighted by atomic mass is 10.2. The summed E-state index contributed by atoms with van der Waals surface area (Å²) in [6, 6.07) is 12.8. The third-order valence-corrected chi connectivity index (χ3v) is 4.58. The third kappa shape index (κ3) is 3.71. The van der Waals surface area contributed by atoms with Crippen LogP contribution in [0.1, 0.15) is 17.8 Å². The second kappa shape index (κ2) is 6.97. The topological polar surface area (TPSA) is 74.8 Å². The Bertz CT molecular complexity index is 966. The lowest BCUT2D eigenvalue weighted by Gasteiger charge is -2.07. The van der Waals surface area contributed by atoms with Crippen molar-refractivity contribution in [3.05, 3.63) is 68.7 Å². The Morgan fingerprint density at radius 3 is 2.83 bits per heavy atom.